The van der Waals surface area contributed by atoms with Gasteiger partial charge in [0.2, 0.25) is 17.3 Å². The molecule has 632 valence electrons. The normalized spacial score (nSPS) is 15.3. The number of H-pyrrole nitrogens is 1. The Labute approximate surface area is 724 Å². The van der Waals surface area contributed by atoms with Gasteiger partial charge in [-0.3, -0.25) is 59.0 Å². The smallest absolute Gasteiger partial charge is 0.475 e. The van der Waals surface area contributed by atoms with E-state index < -0.39 is 28.8 Å². The maximum absolute atomic E-state index is 11.2. The fraction of sp³-hybridized carbons (Fsp3) is 0.366. The summed E-state index contributed by atoms with van der Waals surface area (Å²) in [4.78, 5) is 67.3. The number of halogens is 4. The molecule has 1 unspecified atom stereocenters. The van der Waals surface area contributed by atoms with E-state index in [9.17, 15) is 39.9 Å². The number of benzene rings is 4. The second kappa shape index (κ2) is 41.7. The highest BCUT2D eigenvalue weighted by Crippen LogP contribution is 2.43. The third-order valence-corrected chi connectivity index (χ3v) is 20.7. The van der Waals surface area contributed by atoms with Crippen molar-refractivity contribution in [2.45, 2.75) is 178 Å². The number of aliphatic imine (C=N–C) groups is 1. The van der Waals surface area contributed by atoms with Crippen LogP contribution in [0.1, 0.15) is 135 Å². The van der Waals surface area contributed by atoms with E-state index in [1.807, 2.05) is 177 Å². The van der Waals surface area contributed by atoms with Crippen molar-refractivity contribution in [1.29, 1.82) is 0 Å². The van der Waals surface area contributed by atoms with Crippen LogP contribution >= 0.6 is 63.7 Å². The van der Waals surface area contributed by atoms with E-state index in [4.69, 9.17) is 38.6 Å². The maximum atomic E-state index is 11.2. The van der Waals surface area contributed by atoms with Gasteiger partial charge in [-0.2, -0.15) is 15.3 Å². The maximum Gasteiger partial charge on any atom is 0.488 e. The van der Waals surface area contributed by atoms with Crippen LogP contribution in [0.15, 0.2) is 197 Å². The summed E-state index contributed by atoms with van der Waals surface area (Å²) in [6.45, 7) is 32.7. The van der Waals surface area contributed by atoms with Gasteiger partial charge in [-0.1, -0.05) is 7.43 Å². The van der Waals surface area contributed by atoms with Crippen molar-refractivity contribution in [2.24, 2.45) is 26.1 Å². The Morgan fingerprint density at radius 2 is 1.02 bits per heavy atom. The average Bonchev–Trinajstić information content (AvgIpc) is 1.57. The molecule has 2 saturated heterocycles. The van der Waals surface area contributed by atoms with Crippen LogP contribution in [0.25, 0.3) is 55.2 Å². The molecule has 4 N–H and O–H groups in total. The van der Waals surface area contributed by atoms with E-state index in [2.05, 4.69) is 104 Å². The molecule has 4 aliphatic heterocycles. The number of rotatable bonds is 13. The Morgan fingerprint density at radius 1 is 0.563 bits per heavy atom. The Morgan fingerprint density at radius 3 is 1.44 bits per heavy atom. The molecule has 2 fully saturated rings. The van der Waals surface area contributed by atoms with Gasteiger partial charge in [-0.05, 0) is 253 Å². The fourth-order valence-corrected chi connectivity index (χ4v) is 12.8. The van der Waals surface area contributed by atoms with Gasteiger partial charge in [-0.25, -0.2) is 9.97 Å². The van der Waals surface area contributed by atoms with Gasteiger partial charge in [0.1, 0.15) is 22.2 Å². The molecule has 119 heavy (non-hydrogen) atoms. The van der Waals surface area contributed by atoms with Crippen LogP contribution in [-0.4, -0.2) is 131 Å². The summed E-state index contributed by atoms with van der Waals surface area (Å²) in [5.74, 6) is 1.16. The number of ether oxygens (including phenoxy) is 3. The van der Waals surface area contributed by atoms with Gasteiger partial charge < -0.3 is 53.4 Å². The molecule has 0 aliphatic carbocycles. The molecule has 7 aromatic heterocycles. The molecule has 1 atom stereocenters. The van der Waals surface area contributed by atoms with Crippen LogP contribution in [-0.2, 0) is 51.0 Å². The third kappa shape index (κ3) is 26.2. The molecule has 11 heterocycles. The molecule has 37 heteroatoms. The Bertz CT molecular complexity index is 5490. The number of nitro groups is 3. The van der Waals surface area contributed by atoms with E-state index in [1.54, 1.807) is 108 Å². The molecule has 0 amide bonds. The third-order valence-electron chi connectivity index (χ3n) is 18.7. The van der Waals surface area contributed by atoms with Crippen molar-refractivity contribution in [2.75, 3.05) is 5.73 Å². The highest BCUT2D eigenvalue weighted by atomic mass is 79.9. The number of nitro benzene ring substituents is 3. The molecule has 4 aromatic carbocycles. The van der Waals surface area contributed by atoms with Crippen LogP contribution in [0.5, 0.6) is 11.8 Å². The molecule has 15 rings (SSSR count). The van der Waals surface area contributed by atoms with Gasteiger partial charge in [-0.15, -0.1) is 0 Å². The molecular weight excluding hydrogens is 1790 g/mol. The van der Waals surface area contributed by atoms with Crippen LogP contribution < -0.4 is 31.6 Å². The molecular formula is C82H100B2Br4N16O15. The topological polar surface area (TPSA) is 379 Å². The molecule has 0 spiro atoms. The summed E-state index contributed by atoms with van der Waals surface area (Å²) < 4.78 is 50.8. The number of aryl methyl sites for hydroxylation is 3. The number of nitrogens with zero attached hydrogens (tertiary/aromatic N) is 13. The number of nitrogens with two attached hydrogens (primary N) is 1. The summed E-state index contributed by atoms with van der Waals surface area (Å²) in [6, 6.07) is 34.1. The predicted molar refractivity (Wildman–Crippen MR) is 482 cm³/mol. The SMILES string of the molecule is C.CC(C)OC1C=CC(Br)=CN1.CC(C)Oc1ccc(-c2nn(C)c3ccc(N)cc23)cn1.CC(C)Oc1ccc(-c2nn(C)c3ccc([N+](=O)[O-])cc23)cn1.CC(C)n1cc(Br)ccc1=O.CC1(C)OB(B2OC(C)(C)C(C)(C)O2)OC1(C)C.Cn1nc(Br)c2cc([N+](=O)[O-])ccc21.O=[N+]([O-])c1ccc2c(c1)C=NC2.O=c1ccc(Br)c[nH]1. The highest BCUT2D eigenvalue weighted by Gasteiger charge is 2.63. The van der Waals surface area contributed by atoms with Crippen molar-refractivity contribution < 1.29 is 47.6 Å². The minimum absolute atomic E-state index is 0. The van der Waals surface area contributed by atoms with Gasteiger partial charge in [0.15, 0.2) is 0 Å². The number of allylic oxidation sites excluding steroid dienone is 2. The number of non-ortho nitro benzene ring substituents is 3. The van der Waals surface area contributed by atoms with Crippen molar-refractivity contribution in [3.8, 4) is 34.3 Å². The molecule has 0 saturated carbocycles. The molecule has 0 bridgehead atoms. The summed E-state index contributed by atoms with van der Waals surface area (Å²) in [7, 11) is 4.57. The highest BCUT2D eigenvalue weighted by molar-refractivity contribution is 9.12. The molecule has 0 radical (unpaired) electrons. The number of hydrogen-bond acceptors (Lipinski definition) is 23. The summed E-state index contributed by atoms with van der Waals surface area (Å²) in [5, 5.41) is 50.6. The summed E-state index contributed by atoms with van der Waals surface area (Å²) >= 11 is 13.1. The quantitative estimate of drug-likeness (QED) is 0.0418. The lowest BCUT2D eigenvalue weighted by Crippen LogP contribution is -2.41. The minimum Gasteiger partial charge on any atom is -0.475 e. The van der Waals surface area contributed by atoms with Crippen LogP contribution in [0.2, 0.25) is 0 Å². The number of pyridine rings is 4. The second-order valence-corrected chi connectivity index (χ2v) is 33.7. The zero-order valence-electron chi connectivity index (χ0n) is 68.9. The first-order chi connectivity index (χ1) is 55.3. The molecule has 31 nitrogen and oxygen atoms in total. The number of nitrogens with one attached hydrogen (secondary N) is 2. The Hall–Kier alpha value is -10.1. The average molecular weight is 1890 g/mol. The lowest BCUT2D eigenvalue weighted by molar-refractivity contribution is -0.385. The minimum atomic E-state index is -0.476. The number of hydrogen-bond donors (Lipinski definition) is 3. The number of aromatic amines is 1. The number of nitrogen functional groups attached to an aromatic ring is 1. The lowest BCUT2D eigenvalue weighted by atomic mass is 9.49. The van der Waals surface area contributed by atoms with Gasteiger partial charge in [0.25, 0.3) is 22.6 Å². The van der Waals surface area contributed by atoms with E-state index in [1.165, 1.54) is 36.4 Å². The van der Waals surface area contributed by atoms with Crippen molar-refractivity contribution in [3.63, 3.8) is 0 Å². The summed E-state index contributed by atoms with van der Waals surface area (Å²) in [6.07, 6.45) is 14.8. The van der Waals surface area contributed by atoms with Crippen molar-refractivity contribution in [3.05, 3.63) is 245 Å². The van der Waals surface area contributed by atoms with Crippen LogP contribution in [0.4, 0.5) is 22.7 Å². The predicted octanol–water partition coefficient (Wildman–Crippen LogP) is 18.5. The number of dihydropyridines is 1. The number of aromatic nitrogens is 10. The first-order valence-corrected chi connectivity index (χ1v) is 40.5. The molecule has 11 aromatic rings. The monoisotopic (exact) mass is 1890 g/mol. The van der Waals surface area contributed by atoms with Crippen molar-refractivity contribution in [1.82, 2.24) is 54.2 Å². The first-order valence-electron chi connectivity index (χ1n) is 37.3. The molecule has 4 aliphatic rings. The standard InChI is InChI=1S/C16H16N4O3.C16H18N4O.C12H24B2O4.C8H6BrN3O2.C8H12BrNO.C8H10BrNO.C8H6N2O2.C5H4BrNO.CH4/c1-10(2)23-15-7-4-11(9-17-15)16-13-8-12(20(21)22)5-6-14(13)19(3)18-16;1-10(2)21-15-7-4-11(9-18-15)16-13-8-12(17)5-6-14(13)20(3)19-16;1-9(2)10(3,4)16-13(15-9)14-17-11(5,6)12(7,8)18-14;1-11-7-3-2-5(12(13)14)4-6(7)8(9)10-11;1-6(2)11-8-4-3-7(9)5-10-8;1-6(2)10-5-7(9)3-4-8(10)11;11-10(12)8-2-1-6-4-9-5-7(6)3-8;6-4-1-2-5(8)7-3-4;/h4-10H,1-3H3;4-10H,17H2,1-3H3;1-8H3;2-4H,1H3;3-6,8,10H,1-2H3;3-6H,1-2H3;1-3,5H,4H2;1-3H,(H,7,8);1H4. The van der Waals surface area contributed by atoms with E-state index in [-0.39, 0.29) is 88.6 Å². The fourth-order valence-electron chi connectivity index (χ4n) is 11.4. The Balaban J connectivity index is 0.000000191. The van der Waals surface area contributed by atoms with E-state index in [0.717, 1.165) is 79.8 Å². The van der Waals surface area contributed by atoms with Gasteiger partial charge in [0.05, 0.1) is 78.6 Å². The van der Waals surface area contributed by atoms with Crippen LogP contribution in [0.3, 0.4) is 0 Å². The zero-order valence-corrected chi connectivity index (χ0v) is 75.3. The first kappa shape index (κ1) is 96.0. The van der Waals surface area contributed by atoms with Crippen molar-refractivity contribution >= 4 is 139 Å². The largest absolute Gasteiger partial charge is 0.488 e. The number of fused-ring (bicyclic) bond motifs is 4. The number of anilines is 1. The van der Waals surface area contributed by atoms with Crippen LogP contribution in [0, 0.1) is 30.3 Å². The zero-order chi connectivity index (χ0) is 87.1. The van der Waals surface area contributed by atoms with E-state index in [0.29, 0.717) is 28.6 Å². The second-order valence-electron chi connectivity index (χ2n) is 30.2. The van der Waals surface area contributed by atoms with Gasteiger partial charge >= 0.3 is 14.0 Å². The lowest BCUT2D eigenvalue weighted by Gasteiger charge is -2.32. The van der Waals surface area contributed by atoms with E-state index >= 15 is 0 Å². The van der Waals surface area contributed by atoms with Gasteiger partial charge in [0, 0.05) is 177 Å². The Kier molecular flexibility index (Phi) is 33.7. The summed E-state index contributed by atoms with van der Waals surface area (Å²) in [5.41, 5.74) is 13.3.